The molecule has 2 N–H and O–H groups in total. The number of benzene rings is 2. The highest BCUT2D eigenvalue weighted by Crippen LogP contribution is 2.47. The van der Waals surface area contributed by atoms with E-state index in [1.165, 1.54) is 20.3 Å². The van der Waals surface area contributed by atoms with E-state index in [1.807, 2.05) is 25.1 Å². The molecule has 2 aromatic carbocycles. The van der Waals surface area contributed by atoms with Gasteiger partial charge in [-0.1, -0.05) is 48.0 Å². The van der Waals surface area contributed by atoms with Crippen LogP contribution in [0.5, 0.6) is 11.5 Å². The Labute approximate surface area is 258 Å². The lowest BCUT2D eigenvalue weighted by Crippen LogP contribution is -2.20. The average Bonchev–Trinajstić information content (AvgIpc) is 3.32. The molecule has 0 bridgehead atoms. The van der Waals surface area contributed by atoms with Gasteiger partial charge in [0.15, 0.2) is 5.78 Å². The van der Waals surface area contributed by atoms with Gasteiger partial charge in [-0.15, -0.1) is 0 Å². The summed E-state index contributed by atoms with van der Waals surface area (Å²) in [6, 6.07) is 10.3. The first-order valence-electron chi connectivity index (χ1n) is 13.6. The summed E-state index contributed by atoms with van der Waals surface area (Å²) in [6.07, 6.45) is 2.90. The number of aryl methyl sites for hydroxylation is 1. The molecule has 4 aromatic rings. The molecule has 0 saturated heterocycles. The van der Waals surface area contributed by atoms with Crippen LogP contribution in [0.15, 0.2) is 55.3 Å². The number of halogens is 4. The third kappa shape index (κ3) is 6.38. The van der Waals surface area contributed by atoms with Crippen molar-refractivity contribution in [3.63, 3.8) is 0 Å². The Hall–Kier alpha value is -3.95. The second-order valence-electron chi connectivity index (χ2n) is 10.5. The van der Waals surface area contributed by atoms with Gasteiger partial charge < -0.3 is 20.1 Å². The van der Waals surface area contributed by atoms with Gasteiger partial charge in [0.1, 0.15) is 23.1 Å². The Bertz CT molecular complexity index is 1700. The molecular formula is C32H30Cl2F2N4O3. The van der Waals surface area contributed by atoms with E-state index in [9.17, 15) is 13.6 Å². The number of alkyl halides is 2. The number of para-hydroxylation sites is 1. The fraction of sp³-hybridized carbons (Fsp3) is 0.281. The summed E-state index contributed by atoms with van der Waals surface area (Å²) in [5, 5.41) is 8.36. The maximum absolute atomic E-state index is 14.2. The van der Waals surface area contributed by atoms with Crippen LogP contribution in [-0.2, 0) is 11.2 Å². The molecular weight excluding hydrogens is 597 g/mol. The third-order valence-electron chi connectivity index (χ3n) is 7.49. The number of hydrogen-bond donors (Lipinski definition) is 2. The average molecular weight is 628 g/mol. The number of methoxy groups -OCH3 is 2. The van der Waals surface area contributed by atoms with E-state index in [2.05, 4.69) is 22.2 Å². The zero-order valence-electron chi connectivity index (χ0n) is 23.9. The second-order valence-corrected chi connectivity index (χ2v) is 11.2. The highest BCUT2D eigenvalue weighted by molar-refractivity contribution is 6.41. The molecule has 1 aliphatic rings. The molecule has 43 heavy (non-hydrogen) atoms. The van der Waals surface area contributed by atoms with Crippen LogP contribution < -0.4 is 20.1 Å². The van der Waals surface area contributed by atoms with Crippen molar-refractivity contribution < 1.29 is 23.0 Å². The van der Waals surface area contributed by atoms with Gasteiger partial charge in [-0.25, -0.2) is 18.7 Å². The number of anilines is 3. The predicted molar refractivity (Wildman–Crippen MR) is 168 cm³/mol. The first-order chi connectivity index (χ1) is 20.5. The highest BCUT2D eigenvalue weighted by atomic mass is 35.5. The zero-order valence-corrected chi connectivity index (χ0v) is 25.4. The van der Waals surface area contributed by atoms with E-state index < -0.39 is 12.0 Å². The van der Waals surface area contributed by atoms with E-state index in [4.69, 9.17) is 37.7 Å². The van der Waals surface area contributed by atoms with Crippen molar-refractivity contribution in [3.05, 3.63) is 76.4 Å². The molecule has 1 unspecified atom stereocenters. The molecule has 0 spiro atoms. The number of fused-ring (bicyclic) bond motifs is 1. The number of carbonyl (C=O) groups excluding carboxylic acids is 1. The highest BCUT2D eigenvalue weighted by Gasteiger charge is 2.39. The lowest BCUT2D eigenvalue weighted by Gasteiger charge is -2.19. The molecule has 1 atom stereocenters. The number of aromatic nitrogens is 2. The Morgan fingerprint density at radius 1 is 1.16 bits per heavy atom. The van der Waals surface area contributed by atoms with Gasteiger partial charge in [0.05, 0.1) is 30.0 Å². The summed E-state index contributed by atoms with van der Waals surface area (Å²) in [7, 11) is 2.95. The Morgan fingerprint density at radius 2 is 1.88 bits per heavy atom. The lowest BCUT2D eigenvalue weighted by molar-refractivity contribution is -0.114. The maximum Gasteiger partial charge on any atom is 0.250 e. The number of rotatable bonds is 10. The van der Waals surface area contributed by atoms with Crippen molar-refractivity contribution in [2.24, 2.45) is 0 Å². The van der Waals surface area contributed by atoms with Crippen molar-refractivity contribution in [2.45, 2.75) is 44.6 Å². The van der Waals surface area contributed by atoms with Crippen LogP contribution in [0.3, 0.4) is 0 Å². The molecule has 1 fully saturated rings. The van der Waals surface area contributed by atoms with E-state index >= 15 is 0 Å². The van der Waals surface area contributed by atoms with Gasteiger partial charge in [0.25, 0.3) is 0 Å². The van der Waals surface area contributed by atoms with Crippen LogP contribution in [0.2, 0.25) is 10.0 Å². The predicted octanol–water partition coefficient (Wildman–Crippen LogP) is 8.57. The summed E-state index contributed by atoms with van der Waals surface area (Å²) in [5.74, 6) is -1.32. The van der Waals surface area contributed by atoms with Crippen molar-refractivity contribution in [3.8, 4) is 22.8 Å². The standard InChI is InChI=1S/C32H30Cl2F2N4O3/c1-5-21(41)11-18-8-6-7-17(2)30(18)40-26-13-22-19(16-37-26)12-23(39-31(22)38-20-9-10-32(35,36)15-20)27-28(33)24(42-3)14-25(43-4)29(27)34/h5-8,12-14,16,20H,1,9-11,15H2,2-4H3,(H,37,40)(H,38,39). The van der Waals surface area contributed by atoms with E-state index in [0.717, 1.165) is 16.8 Å². The Kier molecular flexibility index (Phi) is 8.76. The fourth-order valence-corrected chi connectivity index (χ4v) is 5.97. The largest absolute Gasteiger partial charge is 0.495 e. The number of nitrogens with zero attached hydrogens (tertiary/aromatic N) is 2. The number of nitrogens with one attached hydrogen (secondary N) is 2. The number of hydrogen-bond acceptors (Lipinski definition) is 7. The first-order valence-corrected chi connectivity index (χ1v) is 14.4. The lowest BCUT2D eigenvalue weighted by atomic mass is 10.0. The summed E-state index contributed by atoms with van der Waals surface area (Å²) in [5.41, 5.74) is 3.23. The smallest absolute Gasteiger partial charge is 0.250 e. The molecule has 1 aliphatic carbocycles. The molecule has 2 aromatic heterocycles. The second kappa shape index (κ2) is 12.3. The maximum atomic E-state index is 14.2. The number of pyridine rings is 2. The molecule has 0 amide bonds. The van der Waals surface area contributed by atoms with Gasteiger partial charge in [-0.3, -0.25) is 4.79 Å². The molecule has 1 saturated carbocycles. The van der Waals surface area contributed by atoms with E-state index in [1.54, 1.807) is 24.4 Å². The van der Waals surface area contributed by atoms with Crippen LogP contribution in [0.25, 0.3) is 22.0 Å². The number of ketones is 1. The zero-order chi connectivity index (χ0) is 30.9. The fourth-order valence-electron chi connectivity index (χ4n) is 5.27. The molecule has 0 aliphatic heterocycles. The van der Waals surface area contributed by atoms with Crippen molar-refractivity contribution in [1.29, 1.82) is 0 Å². The number of ether oxygens (including phenoxy) is 2. The quantitative estimate of drug-likeness (QED) is 0.170. The first kappa shape index (κ1) is 30.5. The minimum Gasteiger partial charge on any atom is -0.495 e. The van der Waals surface area contributed by atoms with Crippen LogP contribution in [0, 0.1) is 6.92 Å². The molecule has 5 rings (SSSR count). The molecule has 0 radical (unpaired) electrons. The molecule has 224 valence electrons. The van der Waals surface area contributed by atoms with Gasteiger partial charge in [0, 0.05) is 59.6 Å². The van der Waals surface area contributed by atoms with E-state index in [-0.39, 0.29) is 41.5 Å². The van der Waals surface area contributed by atoms with Gasteiger partial charge in [-0.2, -0.15) is 0 Å². The summed E-state index contributed by atoms with van der Waals surface area (Å²) in [6.45, 7) is 5.51. The van der Waals surface area contributed by atoms with Crippen LogP contribution in [-0.4, -0.2) is 41.9 Å². The van der Waals surface area contributed by atoms with E-state index in [0.29, 0.717) is 45.2 Å². The normalized spacial score (nSPS) is 15.7. The Balaban J connectivity index is 1.64. The Morgan fingerprint density at radius 3 is 2.51 bits per heavy atom. The minimum atomic E-state index is -2.75. The van der Waals surface area contributed by atoms with Gasteiger partial charge in [-0.05, 0) is 42.7 Å². The summed E-state index contributed by atoms with van der Waals surface area (Å²) in [4.78, 5) is 21.6. The summed E-state index contributed by atoms with van der Waals surface area (Å²) >= 11 is 13.4. The molecule has 7 nitrogen and oxygen atoms in total. The molecule has 2 heterocycles. The van der Waals surface area contributed by atoms with Gasteiger partial charge >= 0.3 is 0 Å². The van der Waals surface area contributed by atoms with Crippen molar-refractivity contribution in [1.82, 2.24) is 9.97 Å². The van der Waals surface area contributed by atoms with Crippen LogP contribution >= 0.6 is 23.2 Å². The van der Waals surface area contributed by atoms with Crippen LogP contribution in [0.1, 0.15) is 30.4 Å². The van der Waals surface area contributed by atoms with Crippen LogP contribution in [0.4, 0.5) is 26.1 Å². The molecule has 11 heteroatoms. The minimum absolute atomic E-state index is 0.108. The third-order valence-corrected chi connectivity index (χ3v) is 8.24. The summed E-state index contributed by atoms with van der Waals surface area (Å²) < 4.78 is 39.2. The monoisotopic (exact) mass is 626 g/mol. The van der Waals surface area contributed by atoms with Gasteiger partial charge in [0.2, 0.25) is 5.92 Å². The number of carbonyl (C=O) groups is 1. The topological polar surface area (TPSA) is 85.4 Å². The SMILES string of the molecule is C=CC(=O)Cc1cccc(C)c1Nc1cc2c(NC3CCC(F)(F)C3)nc(-c3c(Cl)c(OC)cc(OC)c3Cl)cc2cn1. The van der Waals surface area contributed by atoms with Crippen molar-refractivity contribution >= 4 is 57.1 Å². The van der Waals surface area contributed by atoms with Crippen molar-refractivity contribution in [2.75, 3.05) is 24.9 Å². The number of allylic oxidation sites excluding steroid dienone is 1.